The maximum absolute atomic E-state index is 13.4. The van der Waals surface area contributed by atoms with E-state index in [0.717, 1.165) is 21.2 Å². The van der Waals surface area contributed by atoms with Crippen LogP contribution in [0.25, 0.3) is 0 Å². The van der Waals surface area contributed by atoms with Gasteiger partial charge in [0.2, 0.25) is 0 Å². The highest BCUT2D eigenvalue weighted by molar-refractivity contribution is 9.10. The number of nitrogens with one attached hydrogen (secondary N) is 1. The molecular weight excluding hydrogens is 343 g/mol. The van der Waals surface area contributed by atoms with E-state index < -0.39 is 0 Å². The summed E-state index contributed by atoms with van der Waals surface area (Å²) in [6.45, 7) is 1.96. The van der Waals surface area contributed by atoms with Gasteiger partial charge in [-0.25, -0.2) is 4.39 Å². The van der Waals surface area contributed by atoms with Crippen LogP contribution in [0.3, 0.4) is 0 Å². The predicted octanol–water partition coefficient (Wildman–Crippen LogP) is 4.30. The fourth-order valence-corrected chi connectivity index (χ4v) is 3.08. The molecule has 0 amide bonds. The van der Waals surface area contributed by atoms with Crippen molar-refractivity contribution >= 4 is 27.5 Å². The maximum Gasteiger partial charge on any atom is 0.123 e. The molecule has 0 aromatic heterocycles. The van der Waals surface area contributed by atoms with Crippen molar-refractivity contribution in [2.24, 2.45) is 5.84 Å². The smallest absolute Gasteiger partial charge is 0.123 e. The van der Waals surface area contributed by atoms with Crippen LogP contribution in [0.2, 0.25) is 5.02 Å². The lowest BCUT2D eigenvalue weighted by Gasteiger charge is -2.19. The van der Waals surface area contributed by atoms with E-state index in [9.17, 15) is 4.39 Å². The van der Waals surface area contributed by atoms with Gasteiger partial charge in [0.1, 0.15) is 5.82 Å². The van der Waals surface area contributed by atoms with E-state index in [2.05, 4.69) is 21.4 Å². The van der Waals surface area contributed by atoms with Crippen LogP contribution >= 0.6 is 27.5 Å². The molecule has 0 saturated heterocycles. The zero-order valence-electron chi connectivity index (χ0n) is 11.0. The Hall–Kier alpha value is -0.940. The summed E-state index contributed by atoms with van der Waals surface area (Å²) >= 11 is 9.42. The van der Waals surface area contributed by atoms with Crippen LogP contribution in [0.4, 0.5) is 4.39 Å². The van der Waals surface area contributed by atoms with Gasteiger partial charge in [0.05, 0.1) is 6.04 Å². The molecule has 0 bridgehead atoms. The van der Waals surface area contributed by atoms with E-state index in [-0.39, 0.29) is 11.9 Å². The molecule has 0 saturated carbocycles. The molecule has 0 spiro atoms. The van der Waals surface area contributed by atoms with Crippen molar-refractivity contribution in [2.45, 2.75) is 19.4 Å². The van der Waals surface area contributed by atoms with Gasteiger partial charge in [0, 0.05) is 9.50 Å². The highest BCUT2D eigenvalue weighted by Crippen LogP contribution is 2.29. The predicted molar refractivity (Wildman–Crippen MR) is 84.1 cm³/mol. The minimum atomic E-state index is -0.239. The maximum atomic E-state index is 13.4. The number of aryl methyl sites for hydroxylation is 1. The van der Waals surface area contributed by atoms with Crippen LogP contribution in [-0.2, 0) is 6.42 Å². The van der Waals surface area contributed by atoms with Gasteiger partial charge < -0.3 is 0 Å². The first-order valence-corrected chi connectivity index (χ1v) is 7.34. The molecule has 0 radical (unpaired) electrons. The number of hydrogen-bond acceptors (Lipinski definition) is 2. The first-order chi connectivity index (χ1) is 9.51. The van der Waals surface area contributed by atoms with Gasteiger partial charge in [0.25, 0.3) is 0 Å². The van der Waals surface area contributed by atoms with Crippen LogP contribution in [0.15, 0.2) is 40.9 Å². The molecule has 106 valence electrons. The largest absolute Gasteiger partial charge is 0.271 e. The Morgan fingerprint density at radius 2 is 2.05 bits per heavy atom. The summed E-state index contributed by atoms with van der Waals surface area (Å²) in [5.41, 5.74) is 5.73. The molecule has 2 aromatic carbocycles. The van der Waals surface area contributed by atoms with E-state index in [0.29, 0.717) is 11.4 Å². The van der Waals surface area contributed by atoms with E-state index in [1.165, 1.54) is 6.07 Å². The van der Waals surface area contributed by atoms with Gasteiger partial charge in [-0.3, -0.25) is 11.3 Å². The van der Waals surface area contributed by atoms with Crippen molar-refractivity contribution in [3.8, 4) is 0 Å². The summed E-state index contributed by atoms with van der Waals surface area (Å²) in [4.78, 5) is 0. The van der Waals surface area contributed by atoms with Crippen molar-refractivity contribution in [3.63, 3.8) is 0 Å². The quantitative estimate of drug-likeness (QED) is 0.632. The first-order valence-electron chi connectivity index (χ1n) is 6.17. The molecule has 5 heteroatoms. The van der Waals surface area contributed by atoms with Crippen molar-refractivity contribution in [1.29, 1.82) is 0 Å². The standard InChI is InChI=1S/C15H15BrClFN2/c1-9-2-4-12(18)6-10(9)7-15(20-19)13-5-3-11(17)8-14(13)16/h2-6,8,15,20H,7,19H2,1H3. The summed E-state index contributed by atoms with van der Waals surface area (Å²) in [5, 5.41) is 0.651. The first kappa shape index (κ1) is 15.4. The molecule has 2 nitrogen and oxygen atoms in total. The average Bonchev–Trinajstić information content (AvgIpc) is 2.40. The van der Waals surface area contributed by atoms with Crippen LogP contribution < -0.4 is 11.3 Å². The zero-order valence-corrected chi connectivity index (χ0v) is 13.3. The number of benzene rings is 2. The highest BCUT2D eigenvalue weighted by Gasteiger charge is 2.15. The molecule has 20 heavy (non-hydrogen) atoms. The minimum absolute atomic E-state index is 0.123. The SMILES string of the molecule is Cc1ccc(F)cc1CC(NN)c1ccc(Cl)cc1Br. The Balaban J connectivity index is 2.31. The third-order valence-electron chi connectivity index (χ3n) is 3.27. The summed E-state index contributed by atoms with van der Waals surface area (Å²) in [5.74, 6) is 5.41. The molecule has 1 unspecified atom stereocenters. The fraction of sp³-hybridized carbons (Fsp3) is 0.200. The lowest BCUT2D eigenvalue weighted by Crippen LogP contribution is -2.30. The van der Waals surface area contributed by atoms with Crippen LogP contribution in [0.5, 0.6) is 0 Å². The highest BCUT2D eigenvalue weighted by atomic mass is 79.9. The molecule has 0 heterocycles. The Kier molecular flexibility index (Phi) is 5.16. The van der Waals surface area contributed by atoms with Gasteiger partial charge in [-0.2, -0.15) is 0 Å². The van der Waals surface area contributed by atoms with Crippen LogP contribution in [0.1, 0.15) is 22.7 Å². The van der Waals surface area contributed by atoms with E-state index >= 15 is 0 Å². The van der Waals surface area contributed by atoms with Crippen LogP contribution in [-0.4, -0.2) is 0 Å². The molecule has 3 N–H and O–H groups in total. The van der Waals surface area contributed by atoms with Crippen molar-refractivity contribution in [2.75, 3.05) is 0 Å². The van der Waals surface area contributed by atoms with Crippen molar-refractivity contribution < 1.29 is 4.39 Å². The summed E-state index contributed by atoms with van der Waals surface area (Å²) in [6, 6.07) is 10.2. The fourth-order valence-electron chi connectivity index (χ4n) is 2.12. The number of rotatable bonds is 4. The van der Waals surface area contributed by atoms with Gasteiger partial charge in [-0.15, -0.1) is 0 Å². The van der Waals surface area contributed by atoms with Gasteiger partial charge in [-0.05, 0) is 54.3 Å². The molecule has 0 aliphatic heterocycles. The van der Waals surface area contributed by atoms with E-state index in [4.69, 9.17) is 17.4 Å². The Bertz CT molecular complexity index is 619. The number of hydrazine groups is 1. The Labute approximate surface area is 131 Å². The van der Waals surface area contributed by atoms with Gasteiger partial charge >= 0.3 is 0 Å². The zero-order chi connectivity index (χ0) is 14.7. The summed E-state index contributed by atoms with van der Waals surface area (Å²) in [6.07, 6.45) is 0.598. The lowest BCUT2D eigenvalue weighted by molar-refractivity contribution is 0.545. The van der Waals surface area contributed by atoms with Crippen LogP contribution in [0, 0.1) is 12.7 Å². The van der Waals surface area contributed by atoms with Crippen molar-refractivity contribution in [1.82, 2.24) is 5.43 Å². The van der Waals surface area contributed by atoms with E-state index in [1.54, 1.807) is 12.1 Å². The van der Waals surface area contributed by atoms with Gasteiger partial charge in [0.15, 0.2) is 0 Å². The topological polar surface area (TPSA) is 38.0 Å². The average molecular weight is 358 g/mol. The summed E-state index contributed by atoms with van der Waals surface area (Å²) < 4.78 is 14.2. The number of halogens is 3. The molecule has 0 aliphatic carbocycles. The van der Waals surface area contributed by atoms with Crippen molar-refractivity contribution in [3.05, 3.63) is 68.4 Å². The Morgan fingerprint density at radius 3 is 2.70 bits per heavy atom. The second-order valence-electron chi connectivity index (χ2n) is 4.66. The normalized spacial score (nSPS) is 12.4. The third kappa shape index (κ3) is 3.58. The molecule has 0 fully saturated rings. The lowest BCUT2D eigenvalue weighted by atomic mass is 9.96. The summed E-state index contributed by atoms with van der Waals surface area (Å²) in [7, 11) is 0. The minimum Gasteiger partial charge on any atom is -0.271 e. The van der Waals surface area contributed by atoms with E-state index in [1.807, 2.05) is 25.1 Å². The Morgan fingerprint density at radius 1 is 1.30 bits per heavy atom. The monoisotopic (exact) mass is 356 g/mol. The second kappa shape index (κ2) is 6.68. The third-order valence-corrected chi connectivity index (χ3v) is 4.20. The molecule has 0 aliphatic rings. The second-order valence-corrected chi connectivity index (χ2v) is 5.95. The molecular formula is C15H15BrClFN2. The number of hydrogen-bond donors (Lipinski definition) is 2. The molecule has 2 aromatic rings. The number of nitrogens with two attached hydrogens (primary N) is 1. The van der Waals surface area contributed by atoms with Gasteiger partial charge in [-0.1, -0.05) is 39.7 Å². The molecule has 2 rings (SSSR count). The molecule has 1 atom stereocenters.